The molecule has 122 valence electrons. The van der Waals surface area contributed by atoms with Gasteiger partial charge in [-0.2, -0.15) is 0 Å². The molecule has 0 aromatic carbocycles. The van der Waals surface area contributed by atoms with E-state index in [0.717, 1.165) is 45.6 Å². The van der Waals surface area contributed by atoms with Crippen LogP contribution in [-0.2, 0) is 19.4 Å². The molecular formula is C15H27NO4S. The van der Waals surface area contributed by atoms with Crippen LogP contribution in [0.5, 0.6) is 0 Å². The summed E-state index contributed by atoms with van der Waals surface area (Å²) >= 11 is 0. The molecular weight excluding hydrogens is 290 g/mol. The smallest absolute Gasteiger partial charge is 0.222 e. The molecule has 0 aliphatic carbocycles. The van der Waals surface area contributed by atoms with Gasteiger partial charge in [-0.15, -0.1) is 0 Å². The monoisotopic (exact) mass is 317 g/mol. The average molecular weight is 317 g/mol. The number of amides is 1. The van der Waals surface area contributed by atoms with Gasteiger partial charge in [-0.05, 0) is 44.4 Å². The maximum Gasteiger partial charge on any atom is 0.222 e. The van der Waals surface area contributed by atoms with Crippen LogP contribution < -0.4 is 0 Å². The normalized spacial score (nSPS) is 28.7. The molecule has 2 fully saturated rings. The Morgan fingerprint density at radius 1 is 1.29 bits per heavy atom. The van der Waals surface area contributed by atoms with E-state index in [2.05, 4.69) is 0 Å². The van der Waals surface area contributed by atoms with Gasteiger partial charge in [0.2, 0.25) is 5.91 Å². The largest absolute Gasteiger partial charge is 0.381 e. The fraction of sp³-hybridized carbons (Fsp3) is 0.933. The van der Waals surface area contributed by atoms with Crippen molar-refractivity contribution >= 4 is 15.7 Å². The van der Waals surface area contributed by atoms with Crippen molar-refractivity contribution in [3.63, 3.8) is 0 Å². The Morgan fingerprint density at radius 3 is 2.76 bits per heavy atom. The Bertz CT molecular complexity index is 449. The fourth-order valence-electron chi connectivity index (χ4n) is 3.30. The number of hydrogen-bond donors (Lipinski definition) is 0. The summed E-state index contributed by atoms with van der Waals surface area (Å²) in [6.07, 6.45) is 4.10. The molecule has 0 N–H and O–H groups in total. The highest BCUT2D eigenvalue weighted by atomic mass is 32.2. The van der Waals surface area contributed by atoms with Crippen molar-refractivity contribution < 1.29 is 17.9 Å². The van der Waals surface area contributed by atoms with Gasteiger partial charge in [0.1, 0.15) is 0 Å². The minimum Gasteiger partial charge on any atom is -0.381 e. The zero-order valence-electron chi connectivity index (χ0n) is 12.9. The van der Waals surface area contributed by atoms with Gasteiger partial charge >= 0.3 is 0 Å². The Balaban J connectivity index is 1.72. The second-order valence-corrected chi connectivity index (χ2v) is 8.54. The van der Waals surface area contributed by atoms with Crippen molar-refractivity contribution in [2.45, 2.75) is 39.0 Å². The molecule has 0 spiro atoms. The summed E-state index contributed by atoms with van der Waals surface area (Å²) in [6, 6.07) is 0. The number of nitrogens with zero attached hydrogens (tertiary/aromatic N) is 1. The highest BCUT2D eigenvalue weighted by Gasteiger charge is 2.29. The lowest BCUT2D eigenvalue weighted by molar-refractivity contribution is -0.133. The molecule has 2 aliphatic rings. The van der Waals surface area contributed by atoms with Crippen LogP contribution in [0.1, 0.15) is 39.0 Å². The lowest BCUT2D eigenvalue weighted by Gasteiger charge is -2.33. The molecule has 0 radical (unpaired) electrons. The molecule has 2 rings (SSSR count). The number of carbonyl (C=O) groups excluding carboxylic acids is 1. The second-order valence-electron chi connectivity index (χ2n) is 6.32. The van der Waals surface area contributed by atoms with Crippen LogP contribution in [0.15, 0.2) is 0 Å². The Morgan fingerprint density at radius 2 is 2.10 bits per heavy atom. The van der Waals surface area contributed by atoms with Gasteiger partial charge in [-0.3, -0.25) is 4.79 Å². The number of piperidine rings is 1. The van der Waals surface area contributed by atoms with E-state index in [4.69, 9.17) is 4.74 Å². The molecule has 0 saturated carbocycles. The predicted octanol–water partition coefficient (Wildman–Crippen LogP) is 1.48. The van der Waals surface area contributed by atoms with Gasteiger partial charge in [0.25, 0.3) is 0 Å². The van der Waals surface area contributed by atoms with E-state index in [0.29, 0.717) is 24.5 Å². The number of ether oxygens (including phenoxy) is 1. The summed E-state index contributed by atoms with van der Waals surface area (Å²) in [5, 5.41) is 0. The standard InChI is InChI=1S/C15H27NO4S/c1-2-20-11-14-4-3-8-16(10-14)15(17)6-5-13-7-9-21(18,19)12-13/h13-14H,2-12H2,1H3. The molecule has 0 aromatic heterocycles. The molecule has 1 amide bonds. The van der Waals surface area contributed by atoms with Crippen molar-refractivity contribution in [2.24, 2.45) is 11.8 Å². The summed E-state index contributed by atoms with van der Waals surface area (Å²) in [6.45, 7) is 5.08. The van der Waals surface area contributed by atoms with Crippen LogP contribution in [0.2, 0.25) is 0 Å². The zero-order chi connectivity index (χ0) is 15.3. The Hall–Kier alpha value is -0.620. The molecule has 6 heteroatoms. The molecule has 2 atom stereocenters. The summed E-state index contributed by atoms with van der Waals surface area (Å²) in [4.78, 5) is 14.2. The van der Waals surface area contributed by atoms with E-state index < -0.39 is 9.84 Å². The van der Waals surface area contributed by atoms with Gasteiger partial charge in [0, 0.05) is 26.1 Å². The van der Waals surface area contributed by atoms with Crippen LogP contribution in [0, 0.1) is 11.8 Å². The zero-order valence-corrected chi connectivity index (χ0v) is 13.7. The maximum atomic E-state index is 12.3. The summed E-state index contributed by atoms with van der Waals surface area (Å²) < 4.78 is 28.3. The lowest BCUT2D eigenvalue weighted by Crippen LogP contribution is -2.41. The molecule has 2 saturated heterocycles. The molecule has 21 heavy (non-hydrogen) atoms. The van der Waals surface area contributed by atoms with E-state index >= 15 is 0 Å². The third-order valence-corrected chi connectivity index (χ3v) is 6.36. The number of hydrogen-bond acceptors (Lipinski definition) is 4. The van der Waals surface area contributed by atoms with Gasteiger partial charge < -0.3 is 9.64 Å². The van der Waals surface area contributed by atoms with Crippen molar-refractivity contribution in [3.05, 3.63) is 0 Å². The first kappa shape index (κ1) is 16.7. The maximum absolute atomic E-state index is 12.3. The molecule has 0 bridgehead atoms. The van der Waals surface area contributed by atoms with Crippen LogP contribution in [0.4, 0.5) is 0 Å². The third kappa shape index (κ3) is 5.25. The summed E-state index contributed by atoms with van der Waals surface area (Å²) in [7, 11) is -2.83. The lowest BCUT2D eigenvalue weighted by atomic mass is 9.97. The Labute approximate surface area is 127 Å². The van der Waals surface area contributed by atoms with Gasteiger partial charge in [-0.25, -0.2) is 8.42 Å². The van der Waals surface area contributed by atoms with Gasteiger partial charge in [0.05, 0.1) is 18.1 Å². The number of sulfone groups is 1. The minimum absolute atomic E-state index is 0.181. The van der Waals surface area contributed by atoms with Crippen LogP contribution in [0.3, 0.4) is 0 Å². The molecule has 2 heterocycles. The highest BCUT2D eigenvalue weighted by molar-refractivity contribution is 7.91. The van der Waals surface area contributed by atoms with Crippen LogP contribution in [-0.4, -0.2) is 57.0 Å². The molecule has 2 aliphatic heterocycles. The summed E-state index contributed by atoms with van der Waals surface area (Å²) in [5.74, 6) is 1.39. The third-order valence-electron chi connectivity index (χ3n) is 4.52. The van der Waals surface area contributed by atoms with Crippen LogP contribution >= 0.6 is 0 Å². The highest BCUT2D eigenvalue weighted by Crippen LogP contribution is 2.24. The first-order chi connectivity index (χ1) is 10.00. The van der Waals surface area contributed by atoms with E-state index in [1.54, 1.807) is 0 Å². The predicted molar refractivity (Wildman–Crippen MR) is 81.8 cm³/mol. The van der Waals surface area contributed by atoms with E-state index in [1.807, 2.05) is 11.8 Å². The number of carbonyl (C=O) groups is 1. The number of likely N-dealkylation sites (tertiary alicyclic amines) is 1. The molecule has 0 aromatic rings. The average Bonchev–Trinajstić information content (AvgIpc) is 2.82. The van der Waals surface area contributed by atoms with Crippen molar-refractivity contribution in [1.29, 1.82) is 0 Å². The molecule has 5 nitrogen and oxygen atoms in total. The van der Waals surface area contributed by atoms with E-state index in [-0.39, 0.29) is 17.6 Å². The summed E-state index contributed by atoms with van der Waals surface area (Å²) in [5.41, 5.74) is 0. The van der Waals surface area contributed by atoms with E-state index in [1.165, 1.54) is 0 Å². The second kappa shape index (κ2) is 7.58. The first-order valence-electron chi connectivity index (χ1n) is 8.06. The fourth-order valence-corrected chi connectivity index (χ4v) is 5.21. The SMILES string of the molecule is CCOCC1CCCN(C(=O)CCC2CCS(=O)(=O)C2)C1. The van der Waals surface area contributed by atoms with Gasteiger partial charge in [0.15, 0.2) is 9.84 Å². The minimum atomic E-state index is -2.83. The Kier molecular flexibility index (Phi) is 6.05. The van der Waals surface area contributed by atoms with Crippen molar-refractivity contribution in [1.82, 2.24) is 4.90 Å². The topological polar surface area (TPSA) is 63.7 Å². The molecule has 2 unspecified atom stereocenters. The quantitative estimate of drug-likeness (QED) is 0.744. The van der Waals surface area contributed by atoms with E-state index in [9.17, 15) is 13.2 Å². The van der Waals surface area contributed by atoms with Crippen LogP contribution in [0.25, 0.3) is 0 Å². The van der Waals surface area contributed by atoms with Crippen molar-refractivity contribution in [2.75, 3.05) is 37.8 Å². The van der Waals surface area contributed by atoms with Gasteiger partial charge in [-0.1, -0.05) is 0 Å². The van der Waals surface area contributed by atoms with Crippen molar-refractivity contribution in [3.8, 4) is 0 Å². The first-order valence-corrected chi connectivity index (χ1v) is 9.88. The number of rotatable bonds is 6.